The zero-order chi connectivity index (χ0) is 5.98. The molecule has 3 N–H and O–H groups in total. The van der Waals surface area contributed by atoms with Crippen LogP contribution in [0.1, 0.15) is 0 Å². The van der Waals surface area contributed by atoms with Gasteiger partial charge < -0.3 is 0 Å². The number of urea groups is 1. The van der Waals surface area contributed by atoms with Crippen LogP contribution in [0.25, 0.3) is 0 Å². The molecule has 1 fully saturated rings. The summed E-state index contributed by atoms with van der Waals surface area (Å²) in [5.41, 5.74) is 4.36. The summed E-state index contributed by atoms with van der Waals surface area (Å²) < 4.78 is 0. The molecule has 0 aromatic carbocycles. The zero-order valence-electron chi connectivity index (χ0n) is 3.82. The number of hydrogen-bond acceptors (Lipinski definition) is 3. The van der Waals surface area contributed by atoms with Crippen molar-refractivity contribution in [2.45, 2.75) is 0 Å². The molecule has 0 unspecified atom stereocenters. The lowest BCUT2D eigenvalue weighted by Crippen LogP contribution is -2.25. The molecule has 5 heteroatoms. The molecule has 1 aliphatic rings. The highest BCUT2D eigenvalue weighted by Crippen LogP contribution is 1.78. The molecular formula is C3H3N3O2. The molecule has 0 saturated carbocycles. The van der Waals surface area contributed by atoms with Crippen LogP contribution in [-0.4, -0.2) is 12.0 Å². The van der Waals surface area contributed by atoms with Crippen molar-refractivity contribution in [3.63, 3.8) is 0 Å². The fraction of sp³-hybridized carbons (Fsp3) is 0. The van der Waals surface area contributed by atoms with E-state index in [1.807, 2.05) is 0 Å². The first-order chi connectivity index (χ1) is 3.83. The van der Waals surface area contributed by atoms with Crippen LogP contribution in [-0.2, 0) is 4.79 Å². The van der Waals surface area contributed by atoms with Gasteiger partial charge in [0.2, 0.25) is 5.82 Å². The Balaban J connectivity index is 2.70. The first-order valence-corrected chi connectivity index (χ1v) is 1.91. The Hall–Kier alpha value is -1.48. The van der Waals surface area contributed by atoms with Gasteiger partial charge in [0.05, 0.1) is 0 Å². The molecule has 1 rings (SSSR count). The zero-order valence-corrected chi connectivity index (χ0v) is 3.82. The molecular weight excluding hydrogens is 110 g/mol. The molecule has 8 heavy (non-hydrogen) atoms. The van der Waals surface area contributed by atoms with Crippen molar-refractivity contribution in [2.75, 3.05) is 0 Å². The van der Waals surface area contributed by atoms with E-state index >= 15 is 0 Å². The van der Waals surface area contributed by atoms with E-state index in [4.69, 9.17) is 0 Å². The normalized spacial score (nSPS) is 16.0. The van der Waals surface area contributed by atoms with Gasteiger partial charge in [0.1, 0.15) is 0 Å². The number of hydrogen-bond donors (Lipinski definition) is 3. The third-order valence-electron chi connectivity index (χ3n) is 0.642. The second-order valence-electron chi connectivity index (χ2n) is 1.18. The van der Waals surface area contributed by atoms with Crippen LogP contribution in [0, 0.1) is 0 Å². The molecule has 1 saturated heterocycles. The predicted molar refractivity (Wildman–Crippen MR) is 24.0 cm³/mol. The summed E-state index contributed by atoms with van der Waals surface area (Å²) in [4.78, 5) is 19.8. The molecule has 1 aliphatic heterocycles. The average molecular weight is 113 g/mol. The van der Waals surface area contributed by atoms with Gasteiger partial charge in [-0.05, 0) is 0 Å². The molecule has 0 aliphatic carbocycles. The summed E-state index contributed by atoms with van der Waals surface area (Å²) in [6.45, 7) is 0. The number of hydrazine groups is 1. The Kier molecular flexibility index (Phi) is 0.908. The molecule has 2 amide bonds. The molecule has 5 nitrogen and oxygen atoms in total. The third-order valence-corrected chi connectivity index (χ3v) is 0.642. The second kappa shape index (κ2) is 1.55. The maximum absolute atomic E-state index is 10.1. The van der Waals surface area contributed by atoms with E-state index in [2.05, 4.69) is 16.2 Å². The van der Waals surface area contributed by atoms with E-state index in [1.54, 1.807) is 0 Å². The summed E-state index contributed by atoms with van der Waals surface area (Å²) in [6, 6.07) is -0.441. The maximum Gasteiger partial charge on any atom is 0.339 e. The summed E-state index contributed by atoms with van der Waals surface area (Å²) in [6.07, 6.45) is 0. The summed E-state index contributed by atoms with van der Waals surface area (Å²) in [5, 5.41) is 2.14. The Labute approximate surface area is 44.7 Å². The molecule has 0 bridgehead atoms. The SMILES string of the molecule is O=C=C1NNC(=O)N1. The van der Waals surface area contributed by atoms with Crippen molar-refractivity contribution in [2.24, 2.45) is 0 Å². The lowest BCUT2D eigenvalue weighted by Gasteiger charge is -1.83. The summed E-state index contributed by atoms with van der Waals surface area (Å²) in [5.74, 6) is 1.48. The standard InChI is InChI=1S/C3H3N3O2/c7-1-2-4-3(8)6-5-2/h5H,(H2,4,6,8). The van der Waals surface area contributed by atoms with Gasteiger partial charge in [-0.25, -0.2) is 15.0 Å². The molecule has 1 heterocycles. The Morgan fingerprint density at radius 3 is 2.38 bits per heavy atom. The van der Waals surface area contributed by atoms with E-state index in [9.17, 15) is 9.59 Å². The first kappa shape index (κ1) is 4.67. The highest BCUT2D eigenvalue weighted by Gasteiger charge is 2.10. The fourth-order valence-corrected chi connectivity index (χ4v) is 0.346. The van der Waals surface area contributed by atoms with Gasteiger partial charge in [-0.3, -0.25) is 10.7 Å². The van der Waals surface area contributed by atoms with Crippen LogP contribution >= 0.6 is 0 Å². The number of carbonyl (C=O) groups is 1. The summed E-state index contributed by atoms with van der Waals surface area (Å²) in [7, 11) is 0. The highest BCUT2D eigenvalue weighted by atomic mass is 16.2. The van der Waals surface area contributed by atoms with Gasteiger partial charge in [0.25, 0.3) is 0 Å². The van der Waals surface area contributed by atoms with Gasteiger partial charge in [0.15, 0.2) is 5.94 Å². The van der Waals surface area contributed by atoms with Crippen LogP contribution in [0.5, 0.6) is 0 Å². The van der Waals surface area contributed by atoms with Gasteiger partial charge in [-0.15, -0.1) is 0 Å². The Morgan fingerprint density at radius 1 is 1.38 bits per heavy atom. The van der Waals surface area contributed by atoms with Crippen molar-refractivity contribution in [1.82, 2.24) is 16.2 Å². The van der Waals surface area contributed by atoms with E-state index in [1.165, 1.54) is 5.94 Å². The smallest absolute Gasteiger partial charge is 0.282 e. The van der Waals surface area contributed by atoms with Crippen LogP contribution in [0.3, 0.4) is 0 Å². The minimum atomic E-state index is -0.441. The molecule has 0 aromatic heterocycles. The first-order valence-electron chi connectivity index (χ1n) is 1.91. The second-order valence-corrected chi connectivity index (χ2v) is 1.18. The van der Waals surface area contributed by atoms with Gasteiger partial charge in [-0.2, -0.15) is 0 Å². The van der Waals surface area contributed by atoms with Crippen molar-refractivity contribution in [3.05, 3.63) is 5.82 Å². The number of rotatable bonds is 0. The van der Waals surface area contributed by atoms with Crippen molar-refractivity contribution in [3.8, 4) is 0 Å². The quantitative estimate of drug-likeness (QED) is 0.334. The Bertz CT molecular complexity index is 169. The molecule has 0 atom stereocenters. The lowest BCUT2D eigenvalue weighted by molar-refractivity contribution is 0.247. The van der Waals surface area contributed by atoms with Crippen molar-refractivity contribution >= 4 is 12.0 Å². The van der Waals surface area contributed by atoms with E-state index in [0.717, 1.165) is 0 Å². The number of carbonyl (C=O) groups excluding carboxylic acids is 2. The summed E-state index contributed by atoms with van der Waals surface area (Å²) >= 11 is 0. The lowest BCUT2D eigenvalue weighted by atomic mass is 10.8. The predicted octanol–water partition coefficient (Wildman–Crippen LogP) is -1.52. The van der Waals surface area contributed by atoms with E-state index < -0.39 is 6.03 Å². The van der Waals surface area contributed by atoms with E-state index in [0.29, 0.717) is 0 Å². The number of nitrogens with one attached hydrogen (secondary N) is 3. The molecule has 0 radical (unpaired) electrons. The van der Waals surface area contributed by atoms with Gasteiger partial charge in [0, 0.05) is 0 Å². The largest absolute Gasteiger partial charge is 0.339 e. The topological polar surface area (TPSA) is 70.2 Å². The van der Waals surface area contributed by atoms with Crippen LogP contribution in [0.15, 0.2) is 5.82 Å². The van der Waals surface area contributed by atoms with E-state index in [-0.39, 0.29) is 5.82 Å². The average Bonchev–Trinajstić information content (AvgIpc) is 2.14. The fourth-order valence-electron chi connectivity index (χ4n) is 0.346. The number of amides is 2. The monoisotopic (exact) mass is 113 g/mol. The van der Waals surface area contributed by atoms with Crippen LogP contribution in [0.2, 0.25) is 0 Å². The van der Waals surface area contributed by atoms with Crippen molar-refractivity contribution in [1.29, 1.82) is 0 Å². The third kappa shape index (κ3) is 0.618. The molecule has 0 spiro atoms. The minimum Gasteiger partial charge on any atom is -0.282 e. The van der Waals surface area contributed by atoms with Gasteiger partial charge >= 0.3 is 6.03 Å². The molecule has 0 aromatic rings. The Morgan fingerprint density at radius 2 is 2.12 bits per heavy atom. The van der Waals surface area contributed by atoms with Gasteiger partial charge in [-0.1, -0.05) is 0 Å². The highest BCUT2D eigenvalue weighted by molar-refractivity contribution is 5.80. The van der Waals surface area contributed by atoms with Crippen LogP contribution < -0.4 is 16.2 Å². The molecule has 42 valence electrons. The van der Waals surface area contributed by atoms with Crippen LogP contribution in [0.4, 0.5) is 4.79 Å². The van der Waals surface area contributed by atoms with Crippen molar-refractivity contribution < 1.29 is 9.59 Å². The minimum absolute atomic E-state index is 0.0231. The maximum atomic E-state index is 10.1.